The van der Waals surface area contributed by atoms with Gasteiger partial charge >= 0.3 is 5.97 Å². The molecule has 1 amide bonds. The Morgan fingerprint density at radius 2 is 2.08 bits per heavy atom. The summed E-state index contributed by atoms with van der Waals surface area (Å²) in [5.74, 6) is -0.331. The van der Waals surface area contributed by atoms with Crippen molar-refractivity contribution < 1.29 is 14.3 Å². The zero-order chi connectivity index (χ0) is 17.3. The van der Waals surface area contributed by atoms with Gasteiger partial charge in [-0.1, -0.05) is 23.8 Å². The van der Waals surface area contributed by atoms with Crippen molar-refractivity contribution in [3.8, 4) is 0 Å². The number of hydrogen-bond donors (Lipinski definition) is 0. The van der Waals surface area contributed by atoms with Crippen molar-refractivity contribution in [1.82, 2.24) is 4.57 Å². The molecule has 1 fully saturated rings. The molecular formula is C18H22N2O3S. The van der Waals surface area contributed by atoms with Crippen LogP contribution in [0, 0.1) is 19.8 Å². The topological polar surface area (TPSA) is 60.7 Å². The molecule has 0 unspecified atom stereocenters. The summed E-state index contributed by atoms with van der Waals surface area (Å²) in [7, 11) is 0. The number of rotatable bonds is 4. The minimum atomic E-state index is -0.311. The zero-order valence-electron chi connectivity index (χ0n) is 14.3. The standard InChI is InChI=1S/C18H22N2O3S/c1-4-23-15(21)10-20-14-9-11(2)8-12(3)16(14)24-18(20)19-17(22)13-6-5-7-13/h8-9,13H,4-7,10H2,1-3H3. The SMILES string of the molecule is CCOC(=O)Cn1c(=NC(=O)C2CCC2)sc2c(C)cc(C)cc21. The molecule has 0 radical (unpaired) electrons. The highest BCUT2D eigenvalue weighted by molar-refractivity contribution is 7.16. The number of fused-ring (bicyclic) bond motifs is 1. The zero-order valence-corrected chi connectivity index (χ0v) is 15.1. The molecule has 128 valence electrons. The first-order valence-electron chi connectivity index (χ1n) is 8.34. The summed E-state index contributed by atoms with van der Waals surface area (Å²) >= 11 is 1.47. The van der Waals surface area contributed by atoms with Crippen molar-refractivity contribution in [1.29, 1.82) is 0 Å². The fraction of sp³-hybridized carbons (Fsp3) is 0.500. The van der Waals surface area contributed by atoms with E-state index in [0.717, 1.165) is 40.6 Å². The third-order valence-corrected chi connectivity index (χ3v) is 5.60. The van der Waals surface area contributed by atoms with Gasteiger partial charge in [0.2, 0.25) is 0 Å². The van der Waals surface area contributed by atoms with E-state index in [-0.39, 0.29) is 24.3 Å². The van der Waals surface area contributed by atoms with Gasteiger partial charge in [-0.2, -0.15) is 4.99 Å². The number of aryl methyl sites for hydroxylation is 2. The maximum atomic E-state index is 12.3. The third-order valence-electron chi connectivity index (χ3n) is 4.37. The molecule has 0 bridgehead atoms. The van der Waals surface area contributed by atoms with Gasteiger partial charge in [-0.25, -0.2) is 0 Å². The average molecular weight is 346 g/mol. The fourth-order valence-electron chi connectivity index (χ4n) is 2.93. The van der Waals surface area contributed by atoms with Crippen LogP contribution in [0.25, 0.3) is 10.2 Å². The summed E-state index contributed by atoms with van der Waals surface area (Å²) in [6.07, 6.45) is 2.94. The number of hydrogen-bond acceptors (Lipinski definition) is 4. The highest BCUT2D eigenvalue weighted by atomic mass is 32.1. The predicted octanol–water partition coefficient (Wildman–Crippen LogP) is 3.11. The molecule has 1 aliphatic rings. The van der Waals surface area contributed by atoms with Crippen molar-refractivity contribution in [3.63, 3.8) is 0 Å². The lowest BCUT2D eigenvalue weighted by Crippen LogP contribution is -2.26. The van der Waals surface area contributed by atoms with Gasteiger partial charge in [0, 0.05) is 5.92 Å². The lowest BCUT2D eigenvalue weighted by Gasteiger charge is -2.20. The van der Waals surface area contributed by atoms with Crippen LogP contribution in [-0.4, -0.2) is 23.1 Å². The molecule has 1 saturated carbocycles. The van der Waals surface area contributed by atoms with E-state index >= 15 is 0 Å². The number of nitrogens with zero attached hydrogens (tertiary/aromatic N) is 2. The summed E-state index contributed by atoms with van der Waals surface area (Å²) in [5.41, 5.74) is 3.18. The van der Waals surface area contributed by atoms with E-state index in [1.807, 2.05) is 24.5 Å². The molecule has 0 saturated heterocycles. The van der Waals surface area contributed by atoms with Crippen LogP contribution in [-0.2, 0) is 20.9 Å². The van der Waals surface area contributed by atoms with Crippen LogP contribution in [0.1, 0.15) is 37.3 Å². The molecule has 1 aromatic heterocycles. The van der Waals surface area contributed by atoms with Crippen LogP contribution in [0.3, 0.4) is 0 Å². The normalized spacial score (nSPS) is 15.5. The molecule has 3 rings (SSSR count). The van der Waals surface area contributed by atoms with Crippen LogP contribution >= 0.6 is 11.3 Å². The van der Waals surface area contributed by atoms with Crippen molar-refractivity contribution in [2.45, 2.75) is 46.6 Å². The van der Waals surface area contributed by atoms with Gasteiger partial charge in [0.15, 0.2) is 4.80 Å². The van der Waals surface area contributed by atoms with E-state index in [4.69, 9.17) is 4.74 Å². The summed E-state index contributed by atoms with van der Waals surface area (Å²) in [4.78, 5) is 29.2. The lowest BCUT2D eigenvalue weighted by molar-refractivity contribution is -0.143. The Morgan fingerprint density at radius 3 is 2.71 bits per heavy atom. The molecule has 2 aromatic rings. The van der Waals surface area contributed by atoms with Crippen molar-refractivity contribution in [3.05, 3.63) is 28.1 Å². The smallest absolute Gasteiger partial charge is 0.326 e. The van der Waals surface area contributed by atoms with Crippen molar-refractivity contribution in [2.24, 2.45) is 10.9 Å². The second kappa shape index (κ2) is 6.89. The summed E-state index contributed by atoms with van der Waals surface area (Å²) < 4.78 is 7.96. The van der Waals surface area contributed by atoms with Gasteiger partial charge < -0.3 is 9.30 Å². The monoisotopic (exact) mass is 346 g/mol. The molecule has 0 N–H and O–H groups in total. The van der Waals surface area contributed by atoms with Crippen molar-refractivity contribution in [2.75, 3.05) is 6.61 Å². The first-order valence-corrected chi connectivity index (χ1v) is 9.16. The van der Waals surface area contributed by atoms with E-state index in [1.165, 1.54) is 11.3 Å². The van der Waals surface area contributed by atoms with Crippen LogP contribution in [0.4, 0.5) is 0 Å². The molecule has 6 heteroatoms. The fourth-order valence-corrected chi connectivity index (χ4v) is 4.01. The van der Waals surface area contributed by atoms with Gasteiger partial charge in [0.05, 0.1) is 16.8 Å². The van der Waals surface area contributed by atoms with E-state index in [0.29, 0.717) is 11.4 Å². The Balaban J connectivity index is 2.12. The highest BCUT2D eigenvalue weighted by Gasteiger charge is 2.25. The maximum Gasteiger partial charge on any atom is 0.326 e. The minimum absolute atomic E-state index is 0.0501. The second-order valence-corrected chi connectivity index (χ2v) is 7.26. The van der Waals surface area contributed by atoms with Gasteiger partial charge in [0.1, 0.15) is 6.54 Å². The number of ether oxygens (including phenoxy) is 1. The highest BCUT2D eigenvalue weighted by Crippen LogP contribution is 2.28. The molecule has 0 spiro atoms. The van der Waals surface area contributed by atoms with E-state index < -0.39 is 0 Å². The first kappa shape index (κ1) is 16.9. The van der Waals surface area contributed by atoms with Crippen molar-refractivity contribution >= 4 is 33.4 Å². The molecule has 0 atom stereocenters. The minimum Gasteiger partial charge on any atom is -0.465 e. The molecule has 1 heterocycles. The van der Waals surface area contributed by atoms with Gasteiger partial charge in [-0.15, -0.1) is 0 Å². The molecule has 5 nitrogen and oxygen atoms in total. The van der Waals surface area contributed by atoms with E-state index in [1.54, 1.807) is 6.92 Å². The summed E-state index contributed by atoms with van der Waals surface area (Å²) in [5, 5.41) is 0. The molecule has 0 aliphatic heterocycles. The number of amides is 1. The lowest BCUT2D eigenvalue weighted by atomic mass is 9.85. The number of thiazole rings is 1. The van der Waals surface area contributed by atoms with Crippen LogP contribution in [0.5, 0.6) is 0 Å². The Labute approximate surface area is 145 Å². The number of aromatic nitrogens is 1. The Bertz CT molecular complexity index is 859. The first-order chi connectivity index (χ1) is 11.5. The Kier molecular flexibility index (Phi) is 4.85. The maximum absolute atomic E-state index is 12.3. The molecule has 1 aliphatic carbocycles. The largest absolute Gasteiger partial charge is 0.465 e. The van der Waals surface area contributed by atoms with Crippen LogP contribution < -0.4 is 4.80 Å². The number of esters is 1. The van der Waals surface area contributed by atoms with Crippen LogP contribution in [0.15, 0.2) is 17.1 Å². The summed E-state index contributed by atoms with van der Waals surface area (Å²) in [6, 6.07) is 4.13. The summed E-state index contributed by atoms with van der Waals surface area (Å²) in [6.45, 7) is 6.27. The number of carbonyl (C=O) groups is 2. The quantitative estimate of drug-likeness (QED) is 0.799. The Hall–Kier alpha value is -1.95. The number of benzene rings is 1. The molecule has 24 heavy (non-hydrogen) atoms. The Morgan fingerprint density at radius 1 is 1.33 bits per heavy atom. The third kappa shape index (κ3) is 3.29. The van der Waals surface area contributed by atoms with Gasteiger partial charge in [0.25, 0.3) is 5.91 Å². The van der Waals surface area contributed by atoms with E-state index in [9.17, 15) is 9.59 Å². The average Bonchev–Trinajstić information content (AvgIpc) is 2.76. The molecule has 1 aromatic carbocycles. The van der Waals surface area contributed by atoms with E-state index in [2.05, 4.69) is 11.1 Å². The number of carbonyl (C=O) groups excluding carboxylic acids is 2. The van der Waals surface area contributed by atoms with Gasteiger partial charge in [-0.3, -0.25) is 9.59 Å². The van der Waals surface area contributed by atoms with Crippen LogP contribution in [0.2, 0.25) is 0 Å². The second-order valence-electron chi connectivity index (χ2n) is 6.28. The molecular weight excluding hydrogens is 324 g/mol. The van der Waals surface area contributed by atoms with Gasteiger partial charge in [-0.05, 0) is 50.8 Å². The predicted molar refractivity (Wildman–Crippen MR) is 93.8 cm³/mol.